The number of pyridine rings is 1. The summed E-state index contributed by atoms with van der Waals surface area (Å²) in [5.41, 5.74) is 0.845. The van der Waals surface area contributed by atoms with E-state index in [-0.39, 0.29) is 35.0 Å². The second-order valence-corrected chi connectivity index (χ2v) is 8.50. The van der Waals surface area contributed by atoms with Gasteiger partial charge in [0, 0.05) is 31.9 Å². The molecule has 13 heteroatoms. The van der Waals surface area contributed by atoms with E-state index < -0.39 is 6.43 Å². The number of aromatic nitrogens is 7. The normalized spacial score (nSPS) is 15.5. The van der Waals surface area contributed by atoms with Crippen LogP contribution < -0.4 is 5.32 Å². The highest BCUT2D eigenvalue weighted by molar-refractivity contribution is 6.32. The molecule has 0 radical (unpaired) electrons. The fourth-order valence-electron chi connectivity index (χ4n) is 3.88. The van der Waals surface area contributed by atoms with E-state index in [0.29, 0.717) is 35.4 Å². The lowest BCUT2D eigenvalue weighted by atomic mass is 10.2. The Morgan fingerprint density at radius 2 is 2.06 bits per heavy atom. The molecule has 0 saturated carbocycles. The molecule has 0 spiro atoms. The van der Waals surface area contributed by atoms with Gasteiger partial charge in [-0.15, -0.1) is 0 Å². The summed E-state index contributed by atoms with van der Waals surface area (Å²) in [7, 11) is 1.78. The number of alkyl halides is 2. The Hall–Kier alpha value is -3.93. The van der Waals surface area contributed by atoms with Crippen LogP contribution in [0.15, 0.2) is 42.9 Å². The number of carbonyl (C=O) groups excluding carboxylic acids is 1. The van der Waals surface area contributed by atoms with Gasteiger partial charge in [0.25, 0.3) is 12.3 Å². The third kappa shape index (κ3) is 4.44. The van der Waals surface area contributed by atoms with Crippen molar-refractivity contribution < 1.29 is 13.6 Å². The average molecular weight is 500 g/mol. The van der Waals surface area contributed by atoms with Crippen molar-refractivity contribution in [2.45, 2.75) is 32.5 Å². The van der Waals surface area contributed by atoms with Crippen LogP contribution in [0.4, 0.5) is 20.5 Å². The molecule has 5 heterocycles. The molecule has 10 nitrogen and oxygen atoms in total. The predicted molar refractivity (Wildman–Crippen MR) is 123 cm³/mol. The van der Waals surface area contributed by atoms with Gasteiger partial charge in [0.05, 0.1) is 29.7 Å². The predicted octanol–water partition coefficient (Wildman–Crippen LogP) is 3.85. The van der Waals surface area contributed by atoms with E-state index in [1.165, 1.54) is 18.3 Å². The summed E-state index contributed by atoms with van der Waals surface area (Å²) in [6.45, 7) is 2.44. The van der Waals surface area contributed by atoms with Gasteiger partial charge in [-0.05, 0) is 19.1 Å². The molecule has 1 atom stereocenters. The fourth-order valence-corrected chi connectivity index (χ4v) is 4.07. The minimum atomic E-state index is -2.68. The van der Waals surface area contributed by atoms with Crippen LogP contribution in [0.1, 0.15) is 35.4 Å². The highest BCUT2D eigenvalue weighted by atomic mass is 35.5. The molecule has 0 fully saturated rings. The van der Waals surface area contributed by atoms with Gasteiger partial charge in [0.15, 0.2) is 5.82 Å². The Bertz CT molecular complexity index is 1400. The number of nitrogens with zero attached hydrogens (tertiary/aromatic N) is 8. The second-order valence-electron chi connectivity index (χ2n) is 8.09. The van der Waals surface area contributed by atoms with Gasteiger partial charge < -0.3 is 14.8 Å². The number of imidazole rings is 1. The van der Waals surface area contributed by atoms with Crippen LogP contribution in [-0.4, -0.2) is 51.1 Å². The van der Waals surface area contributed by atoms with E-state index in [4.69, 9.17) is 11.6 Å². The molecule has 1 amide bonds. The smallest absolute Gasteiger partial charge is 0.290 e. The maximum atomic E-state index is 13.3. The van der Waals surface area contributed by atoms with Crippen LogP contribution in [0.3, 0.4) is 0 Å². The van der Waals surface area contributed by atoms with Gasteiger partial charge >= 0.3 is 0 Å². The van der Waals surface area contributed by atoms with Crippen molar-refractivity contribution in [2.75, 3.05) is 5.32 Å². The van der Waals surface area contributed by atoms with E-state index in [2.05, 4.69) is 30.4 Å². The van der Waals surface area contributed by atoms with E-state index in [1.54, 1.807) is 45.7 Å². The molecule has 1 aliphatic rings. The Balaban J connectivity index is 1.42. The summed E-state index contributed by atoms with van der Waals surface area (Å²) in [5.74, 6) is 0.855. The zero-order chi connectivity index (χ0) is 24.7. The molecule has 180 valence electrons. The van der Waals surface area contributed by atoms with E-state index in [1.807, 2.05) is 6.92 Å². The molecule has 0 aliphatic carbocycles. The number of aryl methyl sites for hydroxylation is 1. The Morgan fingerprint density at radius 1 is 1.23 bits per heavy atom. The standard InChI is InChI=1S/C22H20ClF2N9O/c1-12-9-33-11-16(18-14(23)8-26-22(31-18)30-17-6-7-27-32(17)2)29-20(33)21(35)34(12)10-13-4-3-5-15(28-13)19(24)25/h3-8,11-12,19H,9-10H2,1-2H3,(H,26,30,31)/t12-/m0/s1. The number of rotatable bonds is 6. The molecular formula is C22H20ClF2N9O. The molecule has 4 aromatic rings. The fraction of sp³-hybridized carbons (Fsp3) is 0.273. The SMILES string of the molecule is C[C@H]1Cn2cc(-c3nc(Nc4ccnn4C)ncc3Cl)nc2C(=O)N1Cc1cccc(C(F)F)n1. The average Bonchev–Trinajstić information content (AvgIpc) is 3.44. The van der Waals surface area contributed by atoms with Gasteiger partial charge in [-0.1, -0.05) is 17.7 Å². The molecular weight excluding hydrogens is 480 g/mol. The first-order chi connectivity index (χ1) is 16.8. The van der Waals surface area contributed by atoms with Crippen molar-refractivity contribution in [3.05, 3.63) is 65.1 Å². The Labute approximate surface area is 203 Å². The molecule has 35 heavy (non-hydrogen) atoms. The summed E-state index contributed by atoms with van der Waals surface area (Å²) in [5, 5.41) is 7.44. The van der Waals surface area contributed by atoms with Crippen LogP contribution in [0.25, 0.3) is 11.4 Å². The molecule has 0 saturated heterocycles. The molecule has 1 N–H and O–H groups in total. The quantitative estimate of drug-likeness (QED) is 0.429. The highest BCUT2D eigenvalue weighted by Gasteiger charge is 2.33. The van der Waals surface area contributed by atoms with Gasteiger partial charge in [-0.25, -0.2) is 28.7 Å². The van der Waals surface area contributed by atoms with Crippen molar-refractivity contribution in [2.24, 2.45) is 7.05 Å². The molecule has 0 bridgehead atoms. The van der Waals surface area contributed by atoms with E-state index >= 15 is 0 Å². The second kappa shape index (κ2) is 9.02. The monoisotopic (exact) mass is 499 g/mol. The van der Waals surface area contributed by atoms with Gasteiger partial charge in [0.2, 0.25) is 5.95 Å². The third-order valence-corrected chi connectivity index (χ3v) is 5.93. The molecule has 5 rings (SSSR count). The lowest BCUT2D eigenvalue weighted by Gasteiger charge is -2.33. The van der Waals surface area contributed by atoms with Gasteiger partial charge in [-0.3, -0.25) is 9.48 Å². The van der Waals surface area contributed by atoms with Crippen LogP contribution in [0.2, 0.25) is 5.02 Å². The first kappa shape index (κ1) is 22.8. The topological polar surface area (TPSA) is 107 Å². The number of anilines is 2. The third-order valence-electron chi connectivity index (χ3n) is 5.65. The van der Waals surface area contributed by atoms with Crippen LogP contribution in [-0.2, 0) is 20.1 Å². The Morgan fingerprint density at radius 3 is 2.80 bits per heavy atom. The number of carbonyl (C=O) groups is 1. The van der Waals surface area contributed by atoms with Crippen molar-refractivity contribution >= 4 is 29.3 Å². The van der Waals surface area contributed by atoms with Crippen molar-refractivity contribution in [3.63, 3.8) is 0 Å². The van der Waals surface area contributed by atoms with Crippen molar-refractivity contribution in [3.8, 4) is 11.4 Å². The van der Waals surface area contributed by atoms with E-state index in [9.17, 15) is 13.6 Å². The van der Waals surface area contributed by atoms with E-state index in [0.717, 1.165) is 0 Å². The number of amides is 1. The minimum absolute atomic E-state index is 0.0930. The first-order valence-corrected chi connectivity index (χ1v) is 11.1. The molecule has 1 aliphatic heterocycles. The van der Waals surface area contributed by atoms with Gasteiger partial charge in [0.1, 0.15) is 22.9 Å². The maximum absolute atomic E-state index is 13.3. The van der Waals surface area contributed by atoms with Crippen LogP contribution in [0.5, 0.6) is 0 Å². The summed E-state index contributed by atoms with van der Waals surface area (Å²) in [6.07, 6.45) is 2.14. The maximum Gasteiger partial charge on any atom is 0.290 e. The lowest BCUT2D eigenvalue weighted by molar-refractivity contribution is 0.0583. The Kier molecular flexibility index (Phi) is 5.89. The number of fused-ring (bicyclic) bond motifs is 1. The first-order valence-electron chi connectivity index (χ1n) is 10.7. The number of nitrogens with one attached hydrogen (secondary N) is 1. The van der Waals surface area contributed by atoms with Crippen LogP contribution in [0, 0.1) is 0 Å². The highest BCUT2D eigenvalue weighted by Crippen LogP contribution is 2.29. The zero-order valence-electron chi connectivity index (χ0n) is 18.7. The summed E-state index contributed by atoms with van der Waals surface area (Å²) in [6, 6.07) is 5.95. The molecule has 4 aromatic heterocycles. The lowest BCUT2D eigenvalue weighted by Crippen LogP contribution is -2.46. The minimum Gasteiger partial charge on any atom is -0.326 e. The number of halogens is 3. The summed E-state index contributed by atoms with van der Waals surface area (Å²) < 4.78 is 29.5. The van der Waals surface area contributed by atoms with Crippen LogP contribution >= 0.6 is 11.6 Å². The van der Waals surface area contributed by atoms with Gasteiger partial charge in [-0.2, -0.15) is 5.10 Å². The largest absolute Gasteiger partial charge is 0.326 e. The molecule has 0 unspecified atom stereocenters. The summed E-state index contributed by atoms with van der Waals surface area (Å²) in [4.78, 5) is 32.0. The molecule has 0 aromatic carbocycles. The zero-order valence-corrected chi connectivity index (χ0v) is 19.5. The summed E-state index contributed by atoms with van der Waals surface area (Å²) >= 11 is 6.36. The number of hydrogen-bond donors (Lipinski definition) is 1. The van der Waals surface area contributed by atoms with Crippen molar-refractivity contribution in [1.82, 2.24) is 39.2 Å². The number of hydrogen-bond acceptors (Lipinski definition) is 7. The van der Waals surface area contributed by atoms with Crippen molar-refractivity contribution in [1.29, 1.82) is 0 Å².